The molecule has 5 fully saturated rings. The molecular formula is C31H36ClN3O5. The number of amides is 2. The first-order chi connectivity index (χ1) is 18.8. The molecular weight excluding hydrogens is 530 g/mol. The lowest BCUT2D eigenvalue weighted by Crippen LogP contribution is -2.92. The fraction of sp³-hybridized carbons (Fsp3) is 0.548. The zero-order valence-corrected chi connectivity index (χ0v) is 23.5. The number of hydrogen-bond acceptors (Lipinski definition) is 6. The predicted octanol–water partition coefficient (Wildman–Crippen LogP) is 3.38. The van der Waals surface area contributed by atoms with Crippen LogP contribution in [-0.2, 0) is 21.4 Å². The highest BCUT2D eigenvalue weighted by Gasteiger charge is 2.83. The third-order valence-corrected chi connectivity index (χ3v) is 11.0. The number of aliphatic hydroxyl groups is 1. The molecule has 3 aliphatic carbocycles. The van der Waals surface area contributed by atoms with Crippen LogP contribution >= 0.6 is 12.4 Å². The van der Waals surface area contributed by atoms with Crippen molar-refractivity contribution in [1.29, 1.82) is 0 Å². The molecule has 4 heterocycles. The van der Waals surface area contributed by atoms with E-state index in [1.807, 2.05) is 41.3 Å². The van der Waals surface area contributed by atoms with E-state index in [1.54, 1.807) is 13.0 Å². The maximum atomic E-state index is 13.8. The van der Waals surface area contributed by atoms with Gasteiger partial charge in [0.05, 0.1) is 23.4 Å². The Labute approximate surface area is 240 Å². The van der Waals surface area contributed by atoms with Crippen LogP contribution in [0.2, 0.25) is 0 Å². The van der Waals surface area contributed by atoms with E-state index >= 15 is 0 Å². The van der Waals surface area contributed by atoms with Gasteiger partial charge in [0.15, 0.2) is 11.5 Å². The van der Waals surface area contributed by atoms with Crippen LogP contribution in [-0.4, -0.2) is 74.2 Å². The number of piperidine rings is 3. The normalized spacial score (nSPS) is 36.4. The minimum atomic E-state index is -1.43. The molecule has 0 unspecified atom stereocenters. The van der Waals surface area contributed by atoms with E-state index in [0.717, 1.165) is 37.1 Å². The van der Waals surface area contributed by atoms with Crippen LogP contribution in [0.15, 0.2) is 42.5 Å². The van der Waals surface area contributed by atoms with Crippen molar-refractivity contribution in [2.45, 2.75) is 86.6 Å². The molecule has 212 valence electrons. The Morgan fingerprint density at radius 2 is 1.88 bits per heavy atom. The fourth-order valence-electron chi connectivity index (χ4n) is 9.55. The number of nitrogens with one attached hydrogen (secondary N) is 1. The van der Waals surface area contributed by atoms with Crippen molar-refractivity contribution in [1.82, 2.24) is 9.80 Å². The monoisotopic (exact) mass is 565 g/mol. The number of anilines is 1. The van der Waals surface area contributed by atoms with Crippen LogP contribution in [0.4, 0.5) is 5.69 Å². The van der Waals surface area contributed by atoms with Crippen LogP contribution in [0.25, 0.3) is 0 Å². The molecule has 6 atom stereocenters. The Kier molecular flexibility index (Phi) is 5.61. The van der Waals surface area contributed by atoms with Gasteiger partial charge in [0.2, 0.25) is 11.8 Å². The van der Waals surface area contributed by atoms with Crippen LogP contribution in [0, 0.1) is 5.92 Å². The average Bonchev–Trinajstić information content (AvgIpc) is 3.65. The van der Waals surface area contributed by atoms with Crippen molar-refractivity contribution in [2.24, 2.45) is 5.92 Å². The second-order valence-electron chi connectivity index (χ2n) is 12.8. The molecule has 8 nitrogen and oxygen atoms in total. The lowest BCUT2D eigenvalue weighted by molar-refractivity contribution is -0.284. The molecule has 9 heteroatoms. The van der Waals surface area contributed by atoms with E-state index in [0.29, 0.717) is 30.2 Å². The summed E-state index contributed by atoms with van der Waals surface area (Å²) in [4.78, 5) is 31.7. The maximum Gasteiger partial charge on any atom is 0.226 e. The van der Waals surface area contributed by atoms with Crippen molar-refractivity contribution in [2.75, 3.05) is 18.4 Å². The number of fused-ring (bicyclic) bond motifs is 2. The third-order valence-electron chi connectivity index (χ3n) is 11.0. The highest BCUT2D eigenvalue weighted by atomic mass is 35.5. The smallest absolute Gasteiger partial charge is 0.226 e. The van der Waals surface area contributed by atoms with Gasteiger partial charge >= 0.3 is 0 Å². The van der Waals surface area contributed by atoms with Gasteiger partial charge in [-0.15, -0.1) is 12.4 Å². The van der Waals surface area contributed by atoms with Crippen LogP contribution in [0.5, 0.6) is 11.5 Å². The summed E-state index contributed by atoms with van der Waals surface area (Å²) < 4.78 is 6.64. The highest BCUT2D eigenvalue weighted by molar-refractivity contribution is 5.92. The van der Waals surface area contributed by atoms with E-state index in [-0.39, 0.29) is 42.4 Å². The number of halogens is 1. The van der Waals surface area contributed by atoms with Crippen molar-refractivity contribution in [3.63, 3.8) is 0 Å². The number of likely N-dealkylation sites (tertiary alicyclic amines) is 1. The number of ether oxygens (including phenoxy) is 1. The quantitative estimate of drug-likeness (QED) is 0.514. The summed E-state index contributed by atoms with van der Waals surface area (Å²) in [7, 11) is 0. The number of nitrogens with zero attached hydrogens (tertiary/aromatic N) is 2. The SMILES string of the molecule is CC(=O)N1[C@@H](CC(=O)Nc2ccccc2)[C@]2(O)CC[C@]13[C@H]1Cc4ccc(O)c5c4[C@]3(CCN1CC1CC1)[C@H]2O5.Cl. The summed E-state index contributed by atoms with van der Waals surface area (Å²) in [5.41, 5.74) is 0.162. The van der Waals surface area contributed by atoms with Gasteiger partial charge < -0.3 is 25.2 Å². The summed E-state index contributed by atoms with van der Waals surface area (Å²) in [5.74, 6) is 0.902. The Bertz CT molecular complexity index is 1400. The number of para-hydroxylation sites is 1. The summed E-state index contributed by atoms with van der Waals surface area (Å²) in [5, 5.41) is 26.5. The standard InChI is InChI=1S/C31H35N3O5.ClH/c1-18(35)34-23(16-25(37)32-21-5-3-2-4-6-21)30(38)11-12-31(34)24-15-20-9-10-22(36)27-26(20)29(31,28(30)39-27)13-14-33(24)17-19-7-8-19;/h2-6,9-10,19,23-24,28,36,38H,7-8,11-17H2,1H3,(H,32,37);1H/t23-,24+,28+,29+,30+,31+;/m0./s1. The second-order valence-corrected chi connectivity index (χ2v) is 12.8. The molecule has 0 aromatic heterocycles. The molecule has 2 saturated carbocycles. The van der Waals surface area contributed by atoms with Crippen molar-refractivity contribution in [3.8, 4) is 11.5 Å². The molecule has 2 amide bonds. The first-order valence-corrected chi connectivity index (χ1v) is 14.4. The number of benzene rings is 2. The van der Waals surface area contributed by atoms with Crippen LogP contribution < -0.4 is 10.1 Å². The van der Waals surface area contributed by atoms with E-state index in [2.05, 4.69) is 10.2 Å². The van der Waals surface area contributed by atoms with Gasteiger partial charge in [0.25, 0.3) is 0 Å². The molecule has 2 aromatic carbocycles. The molecule has 3 N–H and O–H groups in total. The fourth-order valence-corrected chi connectivity index (χ4v) is 9.55. The van der Waals surface area contributed by atoms with Gasteiger partial charge in [-0.25, -0.2) is 0 Å². The minimum Gasteiger partial charge on any atom is -0.504 e. The van der Waals surface area contributed by atoms with Crippen LogP contribution in [0.1, 0.15) is 56.6 Å². The van der Waals surface area contributed by atoms with Gasteiger partial charge in [-0.3, -0.25) is 14.5 Å². The van der Waals surface area contributed by atoms with Gasteiger partial charge in [-0.2, -0.15) is 0 Å². The first-order valence-electron chi connectivity index (χ1n) is 14.4. The van der Waals surface area contributed by atoms with Crippen LogP contribution in [0.3, 0.4) is 0 Å². The van der Waals surface area contributed by atoms with Gasteiger partial charge in [-0.05, 0) is 74.8 Å². The molecule has 40 heavy (non-hydrogen) atoms. The summed E-state index contributed by atoms with van der Waals surface area (Å²) in [6, 6.07) is 12.3. The topological polar surface area (TPSA) is 102 Å². The third kappa shape index (κ3) is 3.10. The summed E-state index contributed by atoms with van der Waals surface area (Å²) in [6.07, 6.45) is 4.46. The number of carbonyl (C=O) groups excluding carboxylic acids is 2. The molecule has 9 rings (SSSR count). The number of aromatic hydroxyl groups is 1. The van der Waals surface area contributed by atoms with E-state index in [4.69, 9.17) is 4.74 Å². The Morgan fingerprint density at radius 3 is 2.60 bits per heavy atom. The number of phenolic OH excluding ortho intramolecular Hbond substituents is 1. The lowest BCUT2D eigenvalue weighted by Gasteiger charge is -2.76. The van der Waals surface area contributed by atoms with Crippen molar-refractivity contribution >= 4 is 29.9 Å². The first kappa shape index (κ1) is 26.1. The number of hydrogen-bond donors (Lipinski definition) is 3. The summed E-state index contributed by atoms with van der Waals surface area (Å²) in [6.45, 7) is 3.48. The largest absolute Gasteiger partial charge is 0.504 e. The predicted molar refractivity (Wildman–Crippen MR) is 151 cm³/mol. The average molecular weight is 566 g/mol. The Morgan fingerprint density at radius 1 is 1.10 bits per heavy atom. The lowest BCUT2D eigenvalue weighted by atomic mass is 9.40. The van der Waals surface area contributed by atoms with Gasteiger partial charge in [-0.1, -0.05) is 24.3 Å². The molecule has 4 aliphatic heterocycles. The van der Waals surface area contributed by atoms with Crippen molar-refractivity contribution < 1.29 is 24.5 Å². The highest BCUT2D eigenvalue weighted by Crippen LogP contribution is 2.72. The van der Waals surface area contributed by atoms with E-state index in [9.17, 15) is 19.8 Å². The van der Waals surface area contributed by atoms with Crippen molar-refractivity contribution in [3.05, 3.63) is 53.6 Å². The molecule has 2 aromatic rings. The molecule has 3 saturated heterocycles. The number of carbonyl (C=O) groups is 2. The Balaban J connectivity index is 0.00000264. The zero-order valence-electron chi connectivity index (χ0n) is 22.6. The zero-order chi connectivity index (χ0) is 26.7. The summed E-state index contributed by atoms with van der Waals surface area (Å²) >= 11 is 0. The number of phenols is 1. The Hall–Kier alpha value is -2.81. The molecule has 0 radical (unpaired) electrons. The number of rotatable bonds is 5. The van der Waals surface area contributed by atoms with E-state index in [1.165, 1.54) is 12.8 Å². The van der Waals surface area contributed by atoms with Gasteiger partial charge in [0, 0.05) is 30.8 Å². The molecule has 4 bridgehead atoms. The van der Waals surface area contributed by atoms with E-state index < -0.39 is 28.7 Å². The second kappa shape index (κ2) is 8.60. The minimum absolute atomic E-state index is 0. The maximum absolute atomic E-state index is 13.8. The molecule has 2 spiro atoms. The molecule has 7 aliphatic rings. The van der Waals surface area contributed by atoms with Gasteiger partial charge in [0.1, 0.15) is 11.7 Å².